The van der Waals surface area contributed by atoms with Crippen LogP contribution in [-0.4, -0.2) is 48.2 Å². The second-order valence-corrected chi connectivity index (χ2v) is 7.45. The number of hydrogen-bond acceptors (Lipinski definition) is 4. The number of likely N-dealkylation sites (tertiary alicyclic amines) is 1. The number of piperidine rings is 1. The number of ether oxygens (including phenoxy) is 2. The van der Waals surface area contributed by atoms with Gasteiger partial charge in [0.2, 0.25) is 5.88 Å². The SMILES string of the molecule is COc1nc2c(cc1C(=O)N1CCC3(C=C(C)CCO3)CC1)CCC2. The summed E-state index contributed by atoms with van der Waals surface area (Å²) in [6.07, 6.45) is 8.10. The molecule has 1 spiro atoms. The van der Waals surface area contributed by atoms with Gasteiger partial charge >= 0.3 is 0 Å². The van der Waals surface area contributed by atoms with E-state index in [9.17, 15) is 4.79 Å². The fourth-order valence-electron chi connectivity index (χ4n) is 4.29. The van der Waals surface area contributed by atoms with Crippen molar-refractivity contribution in [2.45, 2.75) is 51.0 Å². The van der Waals surface area contributed by atoms with E-state index in [0.717, 1.165) is 50.8 Å². The van der Waals surface area contributed by atoms with Gasteiger partial charge in [-0.25, -0.2) is 4.98 Å². The molecule has 1 fully saturated rings. The van der Waals surface area contributed by atoms with Crippen LogP contribution in [0.3, 0.4) is 0 Å². The van der Waals surface area contributed by atoms with Crippen LogP contribution in [0.25, 0.3) is 0 Å². The van der Waals surface area contributed by atoms with Gasteiger partial charge in [-0.2, -0.15) is 0 Å². The van der Waals surface area contributed by atoms with Crippen molar-refractivity contribution in [1.82, 2.24) is 9.88 Å². The van der Waals surface area contributed by atoms with Crippen LogP contribution < -0.4 is 4.74 Å². The number of fused-ring (bicyclic) bond motifs is 1. The average molecular weight is 342 g/mol. The summed E-state index contributed by atoms with van der Waals surface area (Å²) in [4.78, 5) is 19.6. The molecule has 4 rings (SSSR count). The van der Waals surface area contributed by atoms with Crippen LogP contribution in [0, 0.1) is 0 Å². The third-order valence-corrected chi connectivity index (χ3v) is 5.73. The van der Waals surface area contributed by atoms with Crippen molar-refractivity contribution in [3.8, 4) is 5.88 Å². The highest BCUT2D eigenvalue weighted by molar-refractivity contribution is 5.96. The van der Waals surface area contributed by atoms with Gasteiger partial charge < -0.3 is 14.4 Å². The standard InChI is InChI=1S/C20H26N2O3/c1-14-6-11-25-20(13-14)7-9-22(10-8-20)19(23)16-12-15-4-3-5-17(15)21-18(16)24-2/h12-13H,3-11H2,1-2H3. The Morgan fingerprint density at radius 3 is 2.80 bits per heavy atom. The number of hydrogen-bond donors (Lipinski definition) is 0. The highest BCUT2D eigenvalue weighted by atomic mass is 16.5. The minimum Gasteiger partial charge on any atom is -0.480 e. The van der Waals surface area contributed by atoms with E-state index in [-0.39, 0.29) is 11.5 Å². The van der Waals surface area contributed by atoms with Gasteiger partial charge in [-0.1, -0.05) is 11.6 Å². The van der Waals surface area contributed by atoms with Crippen LogP contribution in [0.15, 0.2) is 17.7 Å². The summed E-state index contributed by atoms with van der Waals surface area (Å²) in [7, 11) is 1.59. The number of pyridine rings is 1. The highest BCUT2D eigenvalue weighted by Crippen LogP contribution is 2.34. The lowest BCUT2D eigenvalue weighted by atomic mass is 9.87. The Bertz CT molecular complexity index is 718. The molecule has 0 N–H and O–H groups in total. The second-order valence-electron chi connectivity index (χ2n) is 7.45. The minimum atomic E-state index is -0.167. The summed E-state index contributed by atoms with van der Waals surface area (Å²) < 4.78 is 11.5. The zero-order valence-electron chi connectivity index (χ0n) is 15.1. The molecular formula is C20H26N2O3. The molecule has 0 saturated carbocycles. The molecule has 2 aliphatic heterocycles. The molecule has 5 heteroatoms. The number of methoxy groups -OCH3 is 1. The average Bonchev–Trinajstić information content (AvgIpc) is 3.08. The summed E-state index contributed by atoms with van der Waals surface area (Å²) in [5, 5.41) is 0. The van der Waals surface area contributed by atoms with Crippen LogP contribution >= 0.6 is 0 Å². The van der Waals surface area contributed by atoms with E-state index in [0.29, 0.717) is 24.5 Å². The zero-order chi connectivity index (χ0) is 17.4. The van der Waals surface area contributed by atoms with E-state index in [1.165, 1.54) is 11.1 Å². The molecular weight excluding hydrogens is 316 g/mol. The van der Waals surface area contributed by atoms with Gasteiger partial charge in [0.15, 0.2) is 0 Å². The Balaban J connectivity index is 1.52. The van der Waals surface area contributed by atoms with E-state index < -0.39 is 0 Å². The smallest absolute Gasteiger partial charge is 0.259 e. The Kier molecular flexibility index (Phi) is 4.28. The van der Waals surface area contributed by atoms with Crippen LogP contribution in [0.1, 0.15) is 54.2 Å². The molecule has 0 aromatic carbocycles. The highest BCUT2D eigenvalue weighted by Gasteiger charge is 2.37. The lowest BCUT2D eigenvalue weighted by Crippen LogP contribution is -2.48. The number of rotatable bonds is 2. The molecule has 25 heavy (non-hydrogen) atoms. The molecule has 0 bridgehead atoms. The Labute approximate surface area is 149 Å². The number of carbonyl (C=O) groups excluding carboxylic acids is 1. The molecule has 0 atom stereocenters. The molecule has 1 aromatic rings. The number of aryl methyl sites for hydroxylation is 2. The van der Waals surface area contributed by atoms with Gasteiger partial charge in [0, 0.05) is 18.8 Å². The fourth-order valence-corrected chi connectivity index (χ4v) is 4.29. The van der Waals surface area contributed by atoms with Crippen molar-refractivity contribution in [2.24, 2.45) is 0 Å². The number of carbonyl (C=O) groups is 1. The molecule has 3 aliphatic rings. The molecule has 1 saturated heterocycles. The zero-order valence-corrected chi connectivity index (χ0v) is 15.1. The predicted octanol–water partition coefficient (Wildman–Crippen LogP) is 2.92. The third-order valence-electron chi connectivity index (χ3n) is 5.73. The van der Waals surface area contributed by atoms with Crippen LogP contribution in [0.4, 0.5) is 0 Å². The molecule has 3 heterocycles. The second kappa shape index (κ2) is 6.45. The summed E-state index contributed by atoms with van der Waals surface area (Å²) in [6, 6.07) is 2.00. The molecule has 0 unspecified atom stereocenters. The summed E-state index contributed by atoms with van der Waals surface area (Å²) in [5.74, 6) is 0.501. The molecule has 1 aromatic heterocycles. The lowest BCUT2D eigenvalue weighted by molar-refractivity contribution is -0.0522. The maximum absolute atomic E-state index is 13.1. The van der Waals surface area contributed by atoms with Crippen molar-refractivity contribution >= 4 is 5.91 Å². The van der Waals surface area contributed by atoms with Crippen molar-refractivity contribution < 1.29 is 14.3 Å². The van der Waals surface area contributed by atoms with Crippen LogP contribution in [0.5, 0.6) is 5.88 Å². The van der Waals surface area contributed by atoms with E-state index in [4.69, 9.17) is 9.47 Å². The summed E-state index contributed by atoms with van der Waals surface area (Å²) >= 11 is 0. The van der Waals surface area contributed by atoms with Crippen LogP contribution in [0.2, 0.25) is 0 Å². The molecule has 1 aliphatic carbocycles. The van der Waals surface area contributed by atoms with E-state index in [2.05, 4.69) is 18.0 Å². The van der Waals surface area contributed by atoms with Crippen molar-refractivity contribution in [3.63, 3.8) is 0 Å². The normalized spacial score (nSPS) is 21.8. The molecule has 1 amide bonds. The largest absolute Gasteiger partial charge is 0.480 e. The Hall–Kier alpha value is -1.88. The van der Waals surface area contributed by atoms with Gasteiger partial charge in [-0.3, -0.25) is 4.79 Å². The first kappa shape index (κ1) is 16.6. The first-order valence-corrected chi connectivity index (χ1v) is 9.29. The fraction of sp³-hybridized carbons (Fsp3) is 0.600. The maximum atomic E-state index is 13.1. The van der Waals surface area contributed by atoms with Gasteiger partial charge in [0.05, 0.1) is 19.3 Å². The topological polar surface area (TPSA) is 51.7 Å². The Morgan fingerprint density at radius 1 is 1.28 bits per heavy atom. The third kappa shape index (κ3) is 3.06. The van der Waals surface area contributed by atoms with Crippen molar-refractivity contribution in [1.29, 1.82) is 0 Å². The quantitative estimate of drug-likeness (QED) is 0.776. The maximum Gasteiger partial charge on any atom is 0.259 e. The van der Waals surface area contributed by atoms with Crippen molar-refractivity contribution in [3.05, 3.63) is 34.5 Å². The van der Waals surface area contributed by atoms with E-state index >= 15 is 0 Å². The van der Waals surface area contributed by atoms with E-state index in [1.807, 2.05) is 11.0 Å². The predicted molar refractivity (Wildman–Crippen MR) is 95.0 cm³/mol. The molecule has 5 nitrogen and oxygen atoms in total. The molecule has 134 valence electrons. The number of aromatic nitrogens is 1. The Morgan fingerprint density at radius 2 is 2.08 bits per heavy atom. The van der Waals surface area contributed by atoms with Gasteiger partial charge in [-0.15, -0.1) is 0 Å². The summed E-state index contributed by atoms with van der Waals surface area (Å²) in [5.41, 5.74) is 4.12. The molecule has 0 radical (unpaired) electrons. The number of amides is 1. The van der Waals surface area contributed by atoms with Gasteiger partial charge in [0.1, 0.15) is 5.56 Å². The first-order valence-electron chi connectivity index (χ1n) is 9.29. The van der Waals surface area contributed by atoms with Gasteiger partial charge in [-0.05, 0) is 57.1 Å². The first-order chi connectivity index (χ1) is 12.1. The number of nitrogens with zero attached hydrogens (tertiary/aromatic N) is 2. The van der Waals surface area contributed by atoms with E-state index in [1.54, 1.807) is 7.11 Å². The monoisotopic (exact) mass is 342 g/mol. The van der Waals surface area contributed by atoms with Crippen LogP contribution in [-0.2, 0) is 17.6 Å². The van der Waals surface area contributed by atoms with Gasteiger partial charge in [0.25, 0.3) is 5.91 Å². The lowest BCUT2D eigenvalue weighted by Gasteiger charge is -2.42. The summed E-state index contributed by atoms with van der Waals surface area (Å²) in [6.45, 7) is 4.38. The minimum absolute atomic E-state index is 0.0328. The van der Waals surface area contributed by atoms with Crippen molar-refractivity contribution in [2.75, 3.05) is 26.8 Å².